The molecule has 0 unspecified atom stereocenters. The summed E-state index contributed by atoms with van der Waals surface area (Å²) in [7, 11) is -3.38. The summed E-state index contributed by atoms with van der Waals surface area (Å²) in [4.78, 5) is 40.4. The van der Waals surface area contributed by atoms with E-state index in [0.29, 0.717) is 23.4 Å². The maximum absolute atomic E-state index is 14.4. The van der Waals surface area contributed by atoms with Crippen LogP contribution in [0.4, 0.5) is 10.2 Å². The number of sulfone groups is 1. The lowest BCUT2D eigenvalue weighted by molar-refractivity contribution is 0.477. The van der Waals surface area contributed by atoms with E-state index in [1.165, 1.54) is 23.2 Å². The molecule has 0 radical (unpaired) electrons. The molecule has 1 saturated carbocycles. The number of pyridine rings is 1. The number of rotatable bonds is 9. The maximum atomic E-state index is 14.4. The Morgan fingerprint density at radius 3 is 2.54 bits per heavy atom. The number of alkyl halides is 1. The fraction of sp³-hybridized carbons (Fsp3) is 0.423. The number of fused-ring (bicyclic) bond motifs is 1. The van der Waals surface area contributed by atoms with Crippen LogP contribution in [0.3, 0.4) is 0 Å². The van der Waals surface area contributed by atoms with Crippen LogP contribution >= 0.6 is 0 Å². The van der Waals surface area contributed by atoms with E-state index in [0.717, 1.165) is 24.8 Å². The molecule has 1 aliphatic carbocycles. The van der Waals surface area contributed by atoms with Crippen LogP contribution < -0.4 is 10.9 Å². The van der Waals surface area contributed by atoms with Gasteiger partial charge < -0.3 is 5.32 Å². The fourth-order valence-corrected chi connectivity index (χ4v) is 4.96. The highest BCUT2D eigenvalue weighted by Gasteiger charge is 2.31. The number of halogens is 1. The van der Waals surface area contributed by atoms with E-state index in [1.807, 2.05) is 20.8 Å². The second-order valence-electron chi connectivity index (χ2n) is 9.80. The number of aryl methyl sites for hydroxylation is 1. The molecule has 0 amide bonds. The number of hydrogen-bond donors (Lipinski definition) is 1. The van der Waals surface area contributed by atoms with Gasteiger partial charge in [-0.3, -0.25) is 14.3 Å². The first-order chi connectivity index (χ1) is 18.6. The lowest BCUT2D eigenvalue weighted by Crippen LogP contribution is -2.29. The summed E-state index contributed by atoms with van der Waals surface area (Å²) in [5, 5.41) is 2.98. The van der Waals surface area contributed by atoms with Gasteiger partial charge in [-0.05, 0) is 45.2 Å². The van der Waals surface area contributed by atoms with Crippen molar-refractivity contribution in [3.63, 3.8) is 0 Å². The lowest BCUT2D eigenvalue weighted by atomic mass is 10.1. The van der Waals surface area contributed by atoms with Crippen molar-refractivity contribution in [3.05, 3.63) is 57.8 Å². The third-order valence-corrected chi connectivity index (χ3v) is 7.98. The molecule has 204 valence electrons. The third kappa shape index (κ3) is 5.22. The second-order valence-corrected chi connectivity index (χ2v) is 11.8. The Hall–Kier alpha value is -3.87. The Labute approximate surface area is 224 Å². The Morgan fingerprint density at radius 2 is 1.92 bits per heavy atom. The van der Waals surface area contributed by atoms with E-state index in [4.69, 9.17) is 4.98 Å². The summed E-state index contributed by atoms with van der Waals surface area (Å²) in [6, 6.07) is 2.75. The van der Waals surface area contributed by atoms with Crippen LogP contribution in [-0.2, 0) is 23.1 Å². The molecule has 0 aliphatic heterocycles. The first kappa shape index (κ1) is 26.7. The molecule has 4 aromatic heterocycles. The molecule has 13 heteroatoms. The third-order valence-electron chi connectivity index (χ3n) is 6.89. The van der Waals surface area contributed by atoms with Crippen molar-refractivity contribution in [1.82, 2.24) is 34.5 Å². The molecule has 1 N–H and O–H groups in total. The van der Waals surface area contributed by atoms with E-state index in [1.54, 1.807) is 6.07 Å². The van der Waals surface area contributed by atoms with Crippen LogP contribution in [0.25, 0.3) is 22.6 Å². The average molecular weight is 553 g/mol. The minimum Gasteiger partial charge on any atom is -0.360 e. The van der Waals surface area contributed by atoms with Gasteiger partial charge in [0.2, 0.25) is 0 Å². The SMILES string of the molecule is CC[C@@H](C)n1c(=O)c(NCc2ccc(S(C)(=O)=O)cn2)nc2c(CF)nc(-c3c(C)ncnc3C3CC3)nc21. The quantitative estimate of drug-likeness (QED) is 0.326. The minimum absolute atomic E-state index is 0.000680. The predicted molar refractivity (Wildman–Crippen MR) is 144 cm³/mol. The van der Waals surface area contributed by atoms with E-state index in [-0.39, 0.29) is 51.9 Å². The molecule has 1 aliphatic rings. The summed E-state index contributed by atoms with van der Waals surface area (Å²) in [6.07, 6.45) is 6.52. The summed E-state index contributed by atoms with van der Waals surface area (Å²) in [5.41, 5.74) is 2.79. The van der Waals surface area contributed by atoms with Gasteiger partial charge in [0.15, 0.2) is 27.1 Å². The first-order valence-corrected chi connectivity index (χ1v) is 14.6. The summed E-state index contributed by atoms with van der Waals surface area (Å²) >= 11 is 0. The molecule has 1 fully saturated rings. The van der Waals surface area contributed by atoms with E-state index in [2.05, 4.69) is 30.2 Å². The summed E-state index contributed by atoms with van der Waals surface area (Å²) in [6.45, 7) is 4.88. The van der Waals surface area contributed by atoms with Gasteiger partial charge in [-0.1, -0.05) is 6.92 Å². The molecule has 0 aromatic carbocycles. The van der Waals surface area contributed by atoms with Crippen molar-refractivity contribution in [3.8, 4) is 11.4 Å². The molecule has 11 nitrogen and oxygen atoms in total. The first-order valence-electron chi connectivity index (χ1n) is 12.7. The molecule has 0 saturated heterocycles. The van der Waals surface area contributed by atoms with Crippen molar-refractivity contribution < 1.29 is 12.8 Å². The van der Waals surface area contributed by atoms with Gasteiger partial charge in [0.25, 0.3) is 5.56 Å². The van der Waals surface area contributed by atoms with Crippen molar-refractivity contribution in [2.75, 3.05) is 11.6 Å². The molecule has 5 rings (SSSR count). The van der Waals surface area contributed by atoms with Gasteiger partial charge in [-0.15, -0.1) is 0 Å². The van der Waals surface area contributed by atoms with Crippen molar-refractivity contribution in [2.24, 2.45) is 0 Å². The van der Waals surface area contributed by atoms with Gasteiger partial charge in [0.1, 0.15) is 24.2 Å². The molecular formula is C26H29FN8O3S. The lowest BCUT2D eigenvalue weighted by Gasteiger charge is -2.19. The number of anilines is 1. The molecule has 0 bridgehead atoms. The Kier molecular flexibility index (Phi) is 7.10. The zero-order chi connectivity index (χ0) is 27.9. The van der Waals surface area contributed by atoms with Crippen LogP contribution in [0.1, 0.15) is 67.8 Å². The largest absolute Gasteiger partial charge is 0.360 e. The van der Waals surface area contributed by atoms with Crippen molar-refractivity contribution in [1.29, 1.82) is 0 Å². The second kappa shape index (κ2) is 10.4. The standard InChI is InChI=1S/C26H29FN8O3S/c1-5-14(2)35-25-22(33-24(26(35)36)29-11-17-8-9-18(12-28-17)39(4,37)38)19(10-27)32-23(34-25)20-15(3)30-13-31-21(20)16-6-7-16/h8-9,12-14,16H,5-7,10-11H2,1-4H3,(H,29,33)/t14-/m1/s1. The topological polar surface area (TPSA) is 146 Å². The van der Waals surface area contributed by atoms with E-state index < -0.39 is 22.1 Å². The molecule has 4 heterocycles. The molecular weight excluding hydrogens is 523 g/mol. The molecule has 0 spiro atoms. The Balaban J connectivity index is 1.62. The van der Waals surface area contributed by atoms with Gasteiger partial charge in [-0.25, -0.2) is 37.7 Å². The van der Waals surface area contributed by atoms with Crippen LogP contribution in [0, 0.1) is 6.92 Å². The normalized spacial score (nSPS) is 14.5. The number of hydrogen-bond acceptors (Lipinski definition) is 10. The van der Waals surface area contributed by atoms with Crippen LogP contribution in [-0.4, -0.2) is 49.1 Å². The zero-order valence-electron chi connectivity index (χ0n) is 22.1. The molecule has 1 atom stereocenters. The van der Waals surface area contributed by atoms with Crippen LogP contribution in [0.5, 0.6) is 0 Å². The predicted octanol–water partition coefficient (Wildman–Crippen LogP) is 3.68. The van der Waals surface area contributed by atoms with E-state index >= 15 is 0 Å². The molecule has 39 heavy (non-hydrogen) atoms. The summed E-state index contributed by atoms with van der Waals surface area (Å²) in [5.74, 6) is 0.571. The number of aromatic nitrogens is 7. The van der Waals surface area contributed by atoms with Crippen LogP contribution in [0.15, 0.2) is 34.3 Å². The Bertz CT molecular complexity index is 1720. The maximum Gasteiger partial charge on any atom is 0.295 e. The smallest absolute Gasteiger partial charge is 0.295 e. The van der Waals surface area contributed by atoms with Gasteiger partial charge >= 0.3 is 0 Å². The number of nitrogens with zero attached hydrogens (tertiary/aromatic N) is 7. The highest BCUT2D eigenvalue weighted by molar-refractivity contribution is 7.90. The van der Waals surface area contributed by atoms with Crippen molar-refractivity contribution >= 4 is 26.8 Å². The fourth-order valence-electron chi connectivity index (χ4n) is 4.40. The van der Waals surface area contributed by atoms with Gasteiger partial charge in [-0.2, -0.15) is 0 Å². The van der Waals surface area contributed by atoms with Crippen LogP contribution in [0.2, 0.25) is 0 Å². The molecule has 4 aromatic rings. The average Bonchev–Trinajstić information content (AvgIpc) is 3.76. The number of nitrogens with one attached hydrogen (secondary N) is 1. The Morgan fingerprint density at radius 1 is 1.15 bits per heavy atom. The minimum atomic E-state index is -3.38. The summed E-state index contributed by atoms with van der Waals surface area (Å²) < 4.78 is 39.4. The van der Waals surface area contributed by atoms with E-state index in [9.17, 15) is 17.6 Å². The highest BCUT2D eigenvalue weighted by Crippen LogP contribution is 2.43. The zero-order valence-corrected chi connectivity index (χ0v) is 23.0. The van der Waals surface area contributed by atoms with Gasteiger partial charge in [0, 0.05) is 24.4 Å². The highest BCUT2D eigenvalue weighted by atomic mass is 32.2. The van der Waals surface area contributed by atoms with Gasteiger partial charge in [0.05, 0.1) is 34.1 Å². The monoisotopic (exact) mass is 552 g/mol. The van der Waals surface area contributed by atoms with Crippen molar-refractivity contribution in [2.45, 2.75) is 70.1 Å².